The second kappa shape index (κ2) is 6.90. The standard InChI is InChI=1S/C20H19FN2O4/c1-12-2-3-14(9-16(12)21)22-20(25)13-8-19(24)23(11-13)15-4-5-17-18(10-15)27-7-6-26-17/h2-5,9-10,13H,6-8,11H2,1H3,(H,22,25)/t13-/m1/s1. The van der Waals surface area contributed by atoms with E-state index in [1.165, 1.54) is 6.07 Å². The van der Waals surface area contributed by atoms with Gasteiger partial charge in [-0.25, -0.2) is 4.39 Å². The summed E-state index contributed by atoms with van der Waals surface area (Å²) in [5.41, 5.74) is 1.56. The minimum Gasteiger partial charge on any atom is -0.486 e. The third-order valence-corrected chi connectivity index (χ3v) is 4.77. The number of fused-ring (bicyclic) bond motifs is 1. The van der Waals surface area contributed by atoms with Gasteiger partial charge in [-0.3, -0.25) is 9.59 Å². The van der Waals surface area contributed by atoms with Crippen LogP contribution in [0.4, 0.5) is 15.8 Å². The maximum Gasteiger partial charge on any atom is 0.229 e. The molecule has 6 nitrogen and oxygen atoms in total. The molecule has 2 aliphatic heterocycles. The highest BCUT2D eigenvalue weighted by atomic mass is 19.1. The van der Waals surface area contributed by atoms with Gasteiger partial charge in [-0.15, -0.1) is 0 Å². The van der Waals surface area contributed by atoms with Gasteiger partial charge in [0.2, 0.25) is 11.8 Å². The van der Waals surface area contributed by atoms with Crippen molar-refractivity contribution in [2.75, 3.05) is 30.0 Å². The van der Waals surface area contributed by atoms with Gasteiger partial charge in [0.1, 0.15) is 19.0 Å². The van der Waals surface area contributed by atoms with Crippen LogP contribution in [0.5, 0.6) is 11.5 Å². The third-order valence-electron chi connectivity index (χ3n) is 4.77. The number of hydrogen-bond donors (Lipinski definition) is 1. The molecule has 4 rings (SSSR count). The van der Waals surface area contributed by atoms with Crippen molar-refractivity contribution in [1.82, 2.24) is 0 Å². The molecule has 0 radical (unpaired) electrons. The Kier molecular flexibility index (Phi) is 4.43. The molecular formula is C20H19FN2O4. The molecule has 0 unspecified atom stereocenters. The number of halogens is 1. The number of amides is 2. The number of carbonyl (C=O) groups is 2. The molecule has 0 saturated carbocycles. The summed E-state index contributed by atoms with van der Waals surface area (Å²) in [5.74, 6) is -0.0845. The van der Waals surface area contributed by atoms with Crippen LogP contribution < -0.4 is 19.7 Å². The van der Waals surface area contributed by atoms with E-state index in [1.807, 2.05) is 0 Å². The SMILES string of the molecule is Cc1ccc(NC(=O)[C@@H]2CC(=O)N(c3ccc4c(c3)OCCO4)C2)cc1F. The lowest BCUT2D eigenvalue weighted by molar-refractivity contribution is -0.122. The van der Waals surface area contributed by atoms with E-state index in [1.54, 1.807) is 42.2 Å². The molecule has 140 valence electrons. The third kappa shape index (κ3) is 3.45. The first-order valence-corrected chi connectivity index (χ1v) is 8.78. The lowest BCUT2D eigenvalue weighted by Gasteiger charge is -2.22. The Morgan fingerprint density at radius 2 is 1.93 bits per heavy atom. The van der Waals surface area contributed by atoms with Gasteiger partial charge < -0.3 is 19.7 Å². The molecule has 0 bridgehead atoms. The Bertz CT molecular complexity index is 915. The Morgan fingerprint density at radius 3 is 2.70 bits per heavy atom. The Balaban J connectivity index is 1.47. The van der Waals surface area contributed by atoms with Crippen molar-refractivity contribution < 1.29 is 23.5 Å². The van der Waals surface area contributed by atoms with Gasteiger partial charge in [0, 0.05) is 30.4 Å². The van der Waals surface area contributed by atoms with Crippen molar-refractivity contribution >= 4 is 23.2 Å². The summed E-state index contributed by atoms with van der Waals surface area (Å²) in [6.07, 6.45) is 0.106. The number of nitrogens with one attached hydrogen (secondary N) is 1. The Morgan fingerprint density at radius 1 is 1.15 bits per heavy atom. The quantitative estimate of drug-likeness (QED) is 0.902. The number of carbonyl (C=O) groups excluding carboxylic acids is 2. The maximum absolute atomic E-state index is 13.7. The van der Waals surface area contributed by atoms with E-state index >= 15 is 0 Å². The number of nitrogens with zero attached hydrogens (tertiary/aromatic N) is 1. The van der Waals surface area contributed by atoms with Crippen LogP contribution in [0.1, 0.15) is 12.0 Å². The second-order valence-corrected chi connectivity index (χ2v) is 6.69. The number of hydrogen-bond acceptors (Lipinski definition) is 4. The molecule has 27 heavy (non-hydrogen) atoms. The monoisotopic (exact) mass is 370 g/mol. The molecule has 0 spiro atoms. The maximum atomic E-state index is 13.7. The van der Waals surface area contributed by atoms with Crippen LogP contribution in [0.2, 0.25) is 0 Å². The molecule has 2 aromatic carbocycles. The molecule has 0 aliphatic carbocycles. The smallest absolute Gasteiger partial charge is 0.229 e. The predicted molar refractivity (Wildman–Crippen MR) is 97.7 cm³/mol. The lowest BCUT2D eigenvalue weighted by atomic mass is 10.1. The Hall–Kier alpha value is -3.09. The summed E-state index contributed by atoms with van der Waals surface area (Å²) in [4.78, 5) is 26.5. The average molecular weight is 370 g/mol. The summed E-state index contributed by atoms with van der Waals surface area (Å²) in [6.45, 7) is 2.87. The number of benzene rings is 2. The minimum atomic E-state index is -0.505. The molecular weight excluding hydrogens is 351 g/mol. The minimum absolute atomic E-state index is 0.106. The Labute approximate surface area is 155 Å². The fourth-order valence-corrected chi connectivity index (χ4v) is 3.25. The highest BCUT2D eigenvalue weighted by molar-refractivity contribution is 6.03. The van der Waals surface area contributed by atoms with Crippen LogP contribution in [0, 0.1) is 18.7 Å². The summed E-state index contributed by atoms with van der Waals surface area (Å²) in [7, 11) is 0. The van der Waals surface area contributed by atoms with Crippen LogP contribution in [0.3, 0.4) is 0 Å². The molecule has 2 amide bonds. The van der Waals surface area contributed by atoms with E-state index in [9.17, 15) is 14.0 Å². The number of rotatable bonds is 3. The van der Waals surface area contributed by atoms with E-state index in [0.29, 0.717) is 41.7 Å². The lowest BCUT2D eigenvalue weighted by Crippen LogP contribution is -2.28. The fraction of sp³-hybridized carbons (Fsp3) is 0.300. The molecule has 1 atom stereocenters. The molecule has 2 aromatic rings. The van der Waals surface area contributed by atoms with Crippen molar-refractivity contribution in [3.05, 3.63) is 47.8 Å². The zero-order valence-electron chi connectivity index (χ0n) is 14.8. The largest absolute Gasteiger partial charge is 0.486 e. The van der Waals surface area contributed by atoms with Gasteiger partial charge in [-0.2, -0.15) is 0 Å². The first-order chi connectivity index (χ1) is 13.0. The first-order valence-electron chi connectivity index (χ1n) is 8.78. The summed E-state index contributed by atoms with van der Waals surface area (Å²) >= 11 is 0. The van der Waals surface area contributed by atoms with Crippen molar-refractivity contribution in [3.8, 4) is 11.5 Å². The van der Waals surface area contributed by atoms with E-state index in [0.717, 1.165) is 0 Å². The summed E-state index contributed by atoms with van der Waals surface area (Å²) in [6, 6.07) is 9.82. The van der Waals surface area contributed by atoms with Crippen LogP contribution >= 0.6 is 0 Å². The zero-order chi connectivity index (χ0) is 19.0. The predicted octanol–water partition coefficient (Wildman–Crippen LogP) is 2.90. The van der Waals surface area contributed by atoms with E-state index in [2.05, 4.69) is 5.32 Å². The van der Waals surface area contributed by atoms with Crippen LogP contribution in [-0.2, 0) is 9.59 Å². The van der Waals surface area contributed by atoms with Crippen LogP contribution in [-0.4, -0.2) is 31.6 Å². The van der Waals surface area contributed by atoms with Crippen LogP contribution in [0.15, 0.2) is 36.4 Å². The molecule has 2 aliphatic rings. The van der Waals surface area contributed by atoms with E-state index < -0.39 is 5.92 Å². The zero-order valence-corrected chi connectivity index (χ0v) is 14.8. The molecule has 1 saturated heterocycles. The average Bonchev–Trinajstić information content (AvgIpc) is 3.06. The second-order valence-electron chi connectivity index (χ2n) is 6.69. The number of ether oxygens (including phenoxy) is 2. The summed E-state index contributed by atoms with van der Waals surface area (Å²) in [5, 5.41) is 2.69. The number of anilines is 2. The molecule has 1 fully saturated rings. The van der Waals surface area contributed by atoms with Crippen molar-refractivity contribution in [2.24, 2.45) is 5.92 Å². The number of aryl methyl sites for hydroxylation is 1. The highest BCUT2D eigenvalue weighted by Gasteiger charge is 2.35. The van der Waals surface area contributed by atoms with Gasteiger partial charge in [-0.1, -0.05) is 6.07 Å². The first kappa shape index (κ1) is 17.3. The summed E-state index contributed by atoms with van der Waals surface area (Å²) < 4.78 is 24.7. The molecule has 7 heteroatoms. The van der Waals surface area contributed by atoms with Gasteiger partial charge >= 0.3 is 0 Å². The normalized spacial score (nSPS) is 18.5. The van der Waals surface area contributed by atoms with Crippen molar-refractivity contribution in [3.63, 3.8) is 0 Å². The van der Waals surface area contributed by atoms with E-state index in [4.69, 9.17) is 9.47 Å². The molecule has 1 N–H and O–H groups in total. The van der Waals surface area contributed by atoms with Gasteiger partial charge in [-0.05, 0) is 36.8 Å². The van der Waals surface area contributed by atoms with E-state index in [-0.39, 0.29) is 30.6 Å². The molecule has 0 aromatic heterocycles. The van der Waals surface area contributed by atoms with Gasteiger partial charge in [0.25, 0.3) is 0 Å². The topological polar surface area (TPSA) is 67.9 Å². The van der Waals surface area contributed by atoms with Crippen molar-refractivity contribution in [2.45, 2.75) is 13.3 Å². The van der Waals surface area contributed by atoms with Crippen molar-refractivity contribution in [1.29, 1.82) is 0 Å². The fourth-order valence-electron chi connectivity index (χ4n) is 3.25. The highest BCUT2D eigenvalue weighted by Crippen LogP contribution is 2.36. The van der Waals surface area contributed by atoms with Gasteiger partial charge in [0.15, 0.2) is 11.5 Å². The van der Waals surface area contributed by atoms with Gasteiger partial charge in [0.05, 0.1) is 5.92 Å². The molecule has 2 heterocycles. The van der Waals surface area contributed by atoms with Crippen LogP contribution in [0.25, 0.3) is 0 Å².